The van der Waals surface area contributed by atoms with Crippen LogP contribution in [0.4, 0.5) is 0 Å². The van der Waals surface area contributed by atoms with E-state index in [9.17, 15) is 0 Å². The number of aromatic nitrogens is 8. The van der Waals surface area contributed by atoms with E-state index < -0.39 is 0 Å². The first-order valence-electron chi connectivity index (χ1n) is 7.97. The van der Waals surface area contributed by atoms with E-state index in [0.717, 1.165) is 27.9 Å². The Hall–Kier alpha value is -2.85. The molecule has 0 saturated heterocycles. The predicted octanol–water partition coefficient (Wildman–Crippen LogP) is 3.14. The van der Waals surface area contributed by atoms with Crippen molar-refractivity contribution < 1.29 is 0 Å². The molecule has 4 heterocycles. The molecule has 0 aliphatic heterocycles. The second-order valence-corrected chi connectivity index (χ2v) is 6.61. The molecule has 0 unspecified atom stereocenters. The van der Waals surface area contributed by atoms with Gasteiger partial charge in [0.2, 0.25) is 0 Å². The molecule has 1 N–H and O–H groups in total. The van der Waals surface area contributed by atoms with Gasteiger partial charge in [-0.3, -0.25) is 15.1 Å². The number of aromatic amines is 1. The zero-order chi connectivity index (χ0) is 19.2. The number of pyridine rings is 2. The summed E-state index contributed by atoms with van der Waals surface area (Å²) >= 11 is 6.59. The SMILES string of the molecule is CSc1nnc(-c2ccncc2)n1C.Cn1c(-c2ccncc2)n[nH]c1=S. The van der Waals surface area contributed by atoms with Gasteiger partial charge in [0.15, 0.2) is 21.6 Å². The summed E-state index contributed by atoms with van der Waals surface area (Å²) in [6.45, 7) is 0. The first-order chi connectivity index (χ1) is 13.1. The first kappa shape index (κ1) is 18.9. The van der Waals surface area contributed by atoms with Gasteiger partial charge in [-0.25, -0.2) is 0 Å². The summed E-state index contributed by atoms with van der Waals surface area (Å²) in [5, 5.41) is 15.9. The second-order valence-electron chi connectivity index (χ2n) is 5.45. The number of thioether (sulfide) groups is 1. The second kappa shape index (κ2) is 8.69. The average Bonchev–Trinajstić information content (AvgIpc) is 3.26. The molecule has 0 aromatic carbocycles. The molecule has 0 atom stereocenters. The summed E-state index contributed by atoms with van der Waals surface area (Å²) in [4.78, 5) is 7.90. The summed E-state index contributed by atoms with van der Waals surface area (Å²) in [5.74, 6) is 1.70. The van der Waals surface area contributed by atoms with Crippen LogP contribution in [0.2, 0.25) is 0 Å². The Labute approximate surface area is 165 Å². The van der Waals surface area contributed by atoms with Crippen LogP contribution in [0.3, 0.4) is 0 Å². The lowest BCUT2D eigenvalue weighted by molar-refractivity contribution is 0.795. The largest absolute Gasteiger partial charge is 0.305 e. The minimum absolute atomic E-state index is 0.617. The van der Waals surface area contributed by atoms with E-state index in [1.165, 1.54) is 0 Å². The van der Waals surface area contributed by atoms with Crippen LogP contribution in [0.1, 0.15) is 0 Å². The third-order valence-electron chi connectivity index (χ3n) is 3.77. The highest BCUT2D eigenvalue weighted by atomic mass is 32.2. The normalized spacial score (nSPS) is 10.3. The molecule has 0 spiro atoms. The van der Waals surface area contributed by atoms with Crippen LogP contribution in [0.5, 0.6) is 0 Å². The van der Waals surface area contributed by atoms with Crippen molar-refractivity contribution in [2.24, 2.45) is 14.1 Å². The van der Waals surface area contributed by atoms with Gasteiger partial charge in [-0.2, -0.15) is 5.10 Å². The highest BCUT2D eigenvalue weighted by Crippen LogP contribution is 2.19. The Morgan fingerprint density at radius 3 is 1.85 bits per heavy atom. The molecule has 4 rings (SSSR count). The molecule has 27 heavy (non-hydrogen) atoms. The van der Waals surface area contributed by atoms with Crippen LogP contribution in [0.15, 0.2) is 54.2 Å². The lowest BCUT2D eigenvalue weighted by Gasteiger charge is -2.00. The standard InChI is InChI=1S/C9H10N4S.C8H8N4S/c1-13-8(11-12-9(13)14-2)7-3-5-10-6-4-7;1-12-7(10-11-8(12)13)6-2-4-9-5-3-6/h3-6H,1-2H3;2-5H,1H3,(H,11,13). The van der Waals surface area contributed by atoms with Crippen LogP contribution < -0.4 is 0 Å². The van der Waals surface area contributed by atoms with Crippen molar-refractivity contribution >= 4 is 24.0 Å². The zero-order valence-electron chi connectivity index (χ0n) is 15.1. The topological polar surface area (TPSA) is 90.1 Å². The Morgan fingerprint density at radius 1 is 0.852 bits per heavy atom. The predicted molar refractivity (Wildman–Crippen MR) is 108 cm³/mol. The van der Waals surface area contributed by atoms with Gasteiger partial charge in [0, 0.05) is 50.0 Å². The fraction of sp³-hybridized carbons (Fsp3) is 0.176. The van der Waals surface area contributed by atoms with Crippen molar-refractivity contribution in [3.8, 4) is 22.8 Å². The highest BCUT2D eigenvalue weighted by molar-refractivity contribution is 7.98. The van der Waals surface area contributed by atoms with E-state index in [-0.39, 0.29) is 0 Å². The van der Waals surface area contributed by atoms with Gasteiger partial charge >= 0.3 is 0 Å². The highest BCUT2D eigenvalue weighted by Gasteiger charge is 2.08. The molecule has 0 bridgehead atoms. The zero-order valence-corrected chi connectivity index (χ0v) is 16.7. The van der Waals surface area contributed by atoms with Crippen molar-refractivity contribution in [2.75, 3.05) is 6.26 Å². The van der Waals surface area contributed by atoms with Gasteiger partial charge in [0.05, 0.1) is 0 Å². The van der Waals surface area contributed by atoms with Gasteiger partial charge in [-0.05, 0) is 42.7 Å². The Balaban J connectivity index is 0.000000156. The number of nitrogens with one attached hydrogen (secondary N) is 1. The molecule has 8 nitrogen and oxygen atoms in total. The van der Waals surface area contributed by atoms with Crippen molar-refractivity contribution in [1.82, 2.24) is 39.5 Å². The molecule has 10 heteroatoms. The van der Waals surface area contributed by atoms with Crippen molar-refractivity contribution in [3.63, 3.8) is 0 Å². The van der Waals surface area contributed by atoms with Crippen molar-refractivity contribution in [3.05, 3.63) is 53.8 Å². The molecule has 138 valence electrons. The summed E-state index contributed by atoms with van der Waals surface area (Å²) < 4.78 is 4.41. The monoisotopic (exact) mass is 398 g/mol. The number of hydrogen-bond acceptors (Lipinski definition) is 7. The minimum Gasteiger partial charge on any atom is -0.305 e. The van der Waals surface area contributed by atoms with Crippen LogP contribution >= 0.6 is 24.0 Å². The third kappa shape index (κ3) is 4.29. The summed E-state index contributed by atoms with van der Waals surface area (Å²) in [7, 11) is 3.84. The molecular weight excluding hydrogens is 380 g/mol. The lowest BCUT2D eigenvalue weighted by Crippen LogP contribution is -1.93. The van der Waals surface area contributed by atoms with Gasteiger partial charge in [0.1, 0.15) is 0 Å². The minimum atomic E-state index is 0.617. The molecular formula is C17H18N8S2. The summed E-state index contributed by atoms with van der Waals surface area (Å²) in [6.07, 6.45) is 8.95. The van der Waals surface area contributed by atoms with E-state index in [0.29, 0.717) is 4.77 Å². The summed E-state index contributed by atoms with van der Waals surface area (Å²) in [5.41, 5.74) is 2.04. The number of hydrogen-bond donors (Lipinski definition) is 1. The Bertz CT molecular complexity index is 1050. The van der Waals surface area contributed by atoms with Gasteiger partial charge in [-0.1, -0.05) is 11.8 Å². The van der Waals surface area contributed by atoms with E-state index in [1.807, 2.05) is 53.8 Å². The average molecular weight is 399 g/mol. The molecule has 0 aliphatic rings. The molecule has 0 amide bonds. The maximum atomic E-state index is 5.00. The number of nitrogens with zero attached hydrogens (tertiary/aromatic N) is 7. The summed E-state index contributed by atoms with van der Waals surface area (Å²) in [6, 6.07) is 7.64. The maximum absolute atomic E-state index is 5.00. The van der Waals surface area contributed by atoms with Gasteiger partial charge in [-0.15, -0.1) is 10.2 Å². The third-order valence-corrected chi connectivity index (χ3v) is 4.86. The first-order valence-corrected chi connectivity index (χ1v) is 9.60. The molecule has 4 aromatic rings. The van der Waals surface area contributed by atoms with Crippen molar-refractivity contribution in [1.29, 1.82) is 0 Å². The molecule has 0 fully saturated rings. The van der Waals surface area contributed by atoms with E-state index in [2.05, 4.69) is 30.4 Å². The fourth-order valence-corrected chi connectivity index (χ4v) is 2.97. The Morgan fingerprint density at radius 2 is 1.41 bits per heavy atom. The van der Waals surface area contributed by atoms with Crippen LogP contribution in [0.25, 0.3) is 22.8 Å². The molecule has 0 aliphatic carbocycles. The molecule has 4 aromatic heterocycles. The van der Waals surface area contributed by atoms with E-state index in [1.54, 1.807) is 36.5 Å². The fourth-order valence-electron chi connectivity index (χ4n) is 2.35. The lowest BCUT2D eigenvalue weighted by atomic mass is 10.2. The number of rotatable bonds is 3. The van der Waals surface area contributed by atoms with E-state index >= 15 is 0 Å². The maximum Gasteiger partial charge on any atom is 0.195 e. The van der Waals surface area contributed by atoms with Gasteiger partial charge in [0.25, 0.3) is 0 Å². The van der Waals surface area contributed by atoms with Crippen LogP contribution in [-0.2, 0) is 14.1 Å². The van der Waals surface area contributed by atoms with Crippen LogP contribution in [-0.4, -0.2) is 45.8 Å². The quantitative estimate of drug-likeness (QED) is 0.419. The van der Waals surface area contributed by atoms with E-state index in [4.69, 9.17) is 12.2 Å². The smallest absolute Gasteiger partial charge is 0.195 e. The van der Waals surface area contributed by atoms with Crippen LogP contribution in [0, 0.1) is 4.77 Å². The Kier molecular flexibility index (Phi) is 6.09. The van der Waals surface area contributed by atoms with Gasteiger partial charge < -0.3 is 9.13 Å². The molecule has 0 radical (unpaired) electrons. The van der Waals surface area contributed by atoms with Crippen molar-refractivity contribution in [2.45, 2.75) is 5.16 Å². The number of H-pyrrole nitrogens is 1. The molecule has 0 saturated carbocycles.